The maximum atomic E-state index is 5.41. The van der Waals surface area contributed by atoms with Crippen LogP contribution in [-0.2, 0) is 13.0 Å². The molecule has 0 fully saturated rings. The summed E-state index contributed by atoms with van der Waals surface area (Å²) in [5.74, 6) is 1.50. The molecule has 3 rings (SSSR count). The van der Waals surface area contributed by atoms with E-state index in [0.717, 1.165) is 40.7 Å². The van der Waals surface area contributed by atoms with Crippen molar-refractivity contribution in [1.29, 1.82) is 0 Å². The van der Waals surface area contributed by atoms with Crippen LogP contribution in [0, 0.1) is 13.8 Å². The molecule has 0 aliphatic heterocycles. The Morgan fingerprint density at radius 2 is 1.88 bits per heavy atom. The number of nitrogens with zero attached hydrogens (tertiary/aromatic N) is 1. The second kappa shape index (κ2) is 8.66. The van der Waals surface area contributed by atoms with Gasteiger partial charge < -0.3 is 14.8 Å². The van der Waals surface area contributed by atoms with Crippen molar-refractivity contribution < 1.29 is 9.47 Å². The lowest BCUT2D eigenvalue weighted by atomic mass is 10.1. The van der Waals surface area contributed by atoms with Gasteiger partial charge in [0.15, 0.2) is 11.5 Å². The van der Waals surface area contributed by atoms with E-state index in [1.165, 1.54) is 10.4 Å². The standard InChI is InChI=1S/C20H24N2O2S2/c1-13-14(2)26-20(22-13)17(9-16-7-8-25-12-16)21-11-15-5-6-18(23-3)19(10-15)24-4/h5-8,10,12,17,21H,9,11H2,1-4H3/t17-/m0/s1. The monoisotopic (exact) mass is 388 g/mol. The molecule has 1 atom stereocenters. The Labute approximate surface area is 162 Å². The number of aromatic nitrogens is 1. The normalized spacial score (nSPS) is 12.2. The zero-order valence-electron chi connectivity index (χ0n) is 15.5. The zero-order chi connectivity index (χ0) is 18.5. The third-order valence-electron chi connectivity index (χ3n) is 4.36. The number of rotatable bonds is 8. The van der Waals surface area contributed by atoms with Gasteiger partial charge in [-0.05, 0) is 60.4 Å². The van der Waals surface area contributed by atoms with E-state index in [1.54, 1.807) is 36.9 Å². The fourth-order valence-corrected chi connectivity index (χ4v) is 4.45. The molecule has 138 valence electrons. The Kier molecular flexibility index (Phi) is 6.29. The molecule has 6 heteroatoms. The van der Waals surface area contributed by atoms with Crippen LogP contribution >= 0.6 is 22.7 Å². The van der Waals surface area contributed by atoms with Gasteiger partial charge in [0, 0.05) is 11.4 Å². The van der Waals surface area contributed by atoms with E-state index in [9.17, 15) is 0 Å². The minimum Gasteiger partial charge on any atom is -0.493 e. The lowest BCUT2D eigenvalue weighted by Crippen LogP contribution is -2.22. The third kappa shape index (κ3) is 4.44. The zero-order valence-corrected chi connectivity index (χ0v) is 17.2. The maximum absolute atomic E-state index is 5.41. The molecule has 0 saturated carbocycles. The third-order valence-corrected chi connectivity index (χ3v) is 6.28. The van der Waals surface area contributed by atoms with Gasteiger partial charge in [-0.15, -0.1) is 11.3 Å². The Hall–Kier alpha value is -1.89. The molecule has 0 aliphatic rings. The highest BCUT2D eigenvalue weighted by Gasteiger charge is 2.18. The van der Waals surface area contributed by atoms with E-state index in [1.807, 2.05) is 12.1 Å². The fraction of sp³-hybridized carbons (Fsp3) is 0.350. The van der Waals surface area contributed by atoms with Crippen molar-refractivity contribution >= 4 is 22.7 Å². The fourth-order valence-electron chi connectivity index (χ4n) is 2.77. The topological polar surface area (TPSA) is 43.4 Å². The first-order chi connectivity index (χ1) is 12.6. The van der Waals surface area contributed by atoms with Crippen LogP contribution in [0.5, 0.6) is 11.5 Å². The number of hydrogen-bond donors (Lipinski definition) is 1. The van der Waals surface area contributed by atoms with E-state index < -0.39 is 0 Å². The molecule has 0 bridgehead atoms. The van der Waals surface area contributed by atoms with Crippen molar-refractivity contribution in [3.05, 3.63) is 61.7 Å². The first-order valence-electron chi connectivity index (χ1n) is 8.50. The summed E-state index contributed by atoms with van der Waals surface area (Å²) in [6, 6.07) is 8.40. The van der Waals surface area contributed by atoms with Gasteiger partial charge in [0.1, 0.15) is 5.01 Å². The number of nitrogens with one attached hydrogen (secondary N) is 1. The SMILES string of the molecule is COc1ccc(CN[C@@H](Cc2ccsc2)c2nc(C)c(C)s2)cc1OC. The largest absolute Gasteiger partial charge is 0.493 e. The molecule has 4 nitrogen and oxygen atoms in total. The van der Waals surface area contributed by atoms with Crippen LogP contribution in [0.4, 0.5) is 0 Å². The summed E-state index contributed by atoms with van der Waals surface area (Å²) in [5.41, 5.74) is 3.61. The molecule has 0 radical (unpaired) electrons. The molecule has 1 N–H and O–H groups in total. The van der Waals surface area contributed by atoms with Crippen molar-refractivity contribution in [1.82, 2.24) is 10.3 Å². The number of thiazole rings is 1. The molecule has 0 amide bonds. The highest BCUT2D eigenvalue weighted by Crippen LogP contribution is 2.29. The second-order valence-corrected chi connectivity index (χ2v) is 8.17. The predicted molar refractivity (Wildman–Crippen MR) is 109 cm³/mol. The molecule has 0 spiro atoms. The first kappa shape index (κ1) is 18.9. The highest BCUT2D eigenvalue weighted by atomic mass is 32.1. The number of methoxy groups -OCH3 is 2. The molecular formula is C20H24N2O2S2. The van der Waals surface area contributed by atoms with Gasteiger partial charge in [0.25, 0.3) is 0 Å². The van der Waals surface area contributed by atoms with Gasteiger partial charge in [0.05, 0.1) is 26.0 Å². The van der Waals surface area contributed by atoms with Gasteiger partial charge in [0.2, 0.25) is 0 Å². The van der Waals surface area contributed by atoms with E-state index in [4.69, 9.17) is 14.5 Å². The minimum atomic E-state index is 0.190. The number of thiophene rings is 1. The smallest absolute Gasteiger partial charge is 0.161 e. The van der Waals surface area contributed by atoms with Crippen molar-refractivity contribution in [2.45, 2.75) is 32.9 Å². The molecule has 3 aromatic rings. The average Bonchev–Trinajstić information content (AvgIpc) is 3.28. The molecular weight excluding hydrogens is 364 g/mol. The molecule has 2 heterocycles. The lowest BCUT2D eigenvalue weighted by molar-refractivity contribution is 0.354. The Morgan fingerprint density at radius 1 is 1.08 bits per heavy atom. The highest BCUT2D eigenvalue weighted by molar-refractivity contribution is 7.11. The first-order valence-corrected chi connectivity index (χ1v) is 10.3. The van der Waals surface area contributed by atoms with Crippen molar-refractivity contribution in [3.8, 4) is 11.5 Å². The van der Waals surface area contributed by atoms with Crippen LogP contribution in [0.25, 0.3) is 0 Å². The summed E-state index contributed by atoms with van der Waals surface area (Å²) in [6.45, 7) is 4.95. The summed E-state index contributed by atoms with van der Waals surface area (Å²) in [7, 11) is 3.31. The molecule has 1 aromatic carbocycles. The predicted octanol–water partition coefficient (Wildman–Crippen LogP) is 4.91. The van der Waals surface area contributed by atoms with Crippen molar-refractivity contribution in [2.24, 2.45) is 0 Å². The van der Waals surface area contributed by atoms with E-state index in [0.29, 0.717) is 0 Å². The summed E-state index contributed by atoms with van der Waals surface area (Å²) >= 11 is 3.51. The molecule has 2 aromatic heterocycles. The van der Waals surface area contributed by atoms with Crippen LogP contribution in [0.3, 0.4) is 0 Å². The van der Waals surface area contributed by atoms with E-state index in [-0.39, 0.29) is 6.04 Å². The van der Waals surface area contributed by atoms with Crippen LogP contribution in [0.2, 0.25) is 0 Å². The van der Waals surface area contributed by atoms with Gasteiger partial charge >= 0.3 is 0 Å². The van der Waals surface area contributed by atoms with Gasteiger partial charge in [-0.1, -0.05) is 6.07 Å². The number of benzene rings is 1. The maximum Gasteiger partial charge on any atom is 0.161 e. The summed E-state index contributed by atoms with van der Waals surface area (Å²) in [5, 5.41) is 9.15. The van der Waals surface area contributed by atoms with Crippen molar-refractivity contribution in [3.63, 3.8) is 0 Å². The molecule has 26 heavy (non-hydrogen) atoms. The summed E-state index contributed by atoms with van der Waals surface area (Å²) in [6.07, 6.45) is 0.934. The minimum absolute atomic E-state index is 0.190. The summed E-state index contributed by atoms with van der Waals surface area (Å²) in [4.78, 5) is 6.06. The molecule has 0 saturated heterocycles. The van der Waals surface area contributed by atoms with Crippen LogP contribution < -0.4 is 14.8 Å². The average molecular weight is 389 g/mol. The Balaban J connectivity index is 1.77. The van der Waals surface area contributed by atoms with Crippen molar-refractivity contribution in [2.75, 3.05) is 14.2 Å². The van der Waals surface area contributed by atoms with Crippen LogP contribution in [0.15, 0.2) is 35.0 Å². The Bertz CT molecular complexity index is 824. The van der Waals surface area contributed by atoms with Gasteiger partial charge in [-0.2, -0.15) is 11.3 Å². The van der Waals surface area contributed by atoms with Crippen LogP contribution in [-0.4, -0.2) is 19.2 Å². The van der Waals surface area contributed by atoms with Gasteiger partial charge in [-0.3, -0.25) is 0 Å². The number of ether oxygens (including phenoxy) is 2. The van der Waals surface area contributed by atoms with Crippen LogP contribution in [0.1, 0.15) is 32.7 Å². The van der Waals surface area contributed by atoms with E-state index in [2.05, 4.69) is 42.1 Å². The molecule has 0 aliphatic carbocycles. The lowest BCUT2D eigenvalue weighted by Gasteiger charge is -2.17. The number of aryl methyl sites for hydroxylation is 2. The van der Waals surface area contributed by atoms with Gasteiger partial charge in [-0.25, -0.2) is 4.98 Å². The van der Waals surface area contributed by atoms with E-state index >= 15 is 0 Å². The molecule has 0 unspecified atom stereocenters. The second-order valence-electron chi connectivity index (χ2n) is 6.15. The Morgan fingerprint density at radius 3 is 2.50 bits per heavy atom. The quantitative estimate of drug-likeness (QED) is 0.595. The summed E-state index contributed by atoms with van der Waals surface area (Å²) < 4.78 is 10.7. The number of hydrogen-bond acceptors (Lipinski definition) is 6.